The van der Waals surface area contributed by atoms with Crippen LogP contribution >= 0.6 is 11.3 Å². The molecular weight excluding hydrogens is 287 g/mol. The zero-order valence-corrected chi connectivity index (χ0v) is 11.6. The van der Waals surface area contributed by atoms with E-state index in [2.05, 4.69) is 10.3 Å². The number of anilines is 2. The standard InChI is InChI=1S/C13H14F3N3S/c1-8(5-9-3-2-4-20-9)19-11-6-12(13(14,15)16)18-7-10(11)17/h2-4,6-8H,5,17H2,1H3,(H,18,19). The fraction of sp³-hybridized carbons (Fsp3) is 0.308. The summed E-state index contributed by atoms with van der Waals surface area (Å²) in [4.78, 5) is 4.47. The van der Waals surface area contributed by atoms with E-state index in [1.807, 2.05) is 24.4 Å². The number of alkyl halides is 3. The summed E-state index contributed by atoms with van der Waals surface area (Å²) < 4.78 is 37.8. The first-order valence-electron chi connectivity index (χ1n) is 5.98. The van der Waals surface area contributed by atoms with Crippen molar-refractivity contribution in [1.82, 2.24) is 4.98 Å². The zero-order valence-electron chi connectivity index (χ0n) is 10.7. The van der Waals surface area contributed by atoms with E-state index in [9.17, 15) is 13.2 Å². The SMILES string of the molecule is CC(Cc1cccs1)Nc1cc(C(F)(F)F)ncc1N. The number of nitrogens with one attached hydrogen (secondary N) is 1. The number of thiophene rings is 1. The summed E-state index contributed by atoms with van der Waals surface area (Å²) in [6.45, 7) is 1.90. The average Bonchev–Trinajstić information content (AvgIpc) is 2.83. The first kappa shape index (κ1) is 14.6. The number of nitrogens with two attached hydrogens (primary N) is 1. The van der Waals surface area contributed by atoms with Crippen LogP contribution < -0.4 is 11.1 Å². The van der Waals surface area contributed by atoms with E-state index in [-0.39, 0.29) is 17.4 Å². The summed E-state index contributed by atoms with van der Waals surface area (Å²) in [5, 5.41) is 4.97. The van der Waals surface area contributed by atoms with Gasteiger partial charge in [-0.05, 0) is 24.4 Å². The Morgan fingerprint density at radius 3 is 2.80 bits per heavy atom. The second-order valence-corrected chi connectivity index (χ2v) is 5.52. The van der Waals surface area contributed by atoms with E-state index >= 15 is 0 Å². The van der Waals surface area contributed by atoms with Crippen LogP contribution in [0.5, 0.6) is 0 Å². The fourth-order valence-electron chi connectivity index (χ4n) is 1.79. The fourth-order valence-corrected chi connectivity index (χ4v) is 2.63. The van der Waals surface area contributed by atoms with Crippen LogP contribution in [0, 0.1) is 0 Å². The maximum atomic E-state index is 12.6. The van der Waals surface area contributed by atoms with E-state index < -0.39 is 11.9 Å². The molecule has 108 valence electrons. The summed E-state index contributed by atoms with van der Waals surface area (Å²) in [7, 11) is 0. The number of pyridine rings is 1. The van der Waals surface area contributed by atoms with Gasteiger partial charge in [-0.25, -0.2) is 4.98 Å². The van der Waals surface area contributed by atoms with Gasteiger partial charge in [0.15, 0.2) is 0 Å². The molecule has 3 nitrogen and oxygen atoms in total. The molecule has 2 rings (SSSR count). The van der Waals surface area contributed by atoms with Crippen LogP contribution in [0.3, 0.4) is 0 Å². The Morgan fingerprint density at radius 2 is 2.20 bits per heavy atom. The van der Waals surface area contributed by atoms with Crippen molar-refractivity contribution in [3.05, 3.63) is 40.3 Å². The van der Waals surface area contributed by atoms with Crippen molar-refractivity contribution in [3.8, 4) is 0 Å². The number of nitrogen functional groups attached to an aromatic ring is 1. The quantitative estimate of drug-likeness (QED) is 0.903. The van der Waals surface area contributed by atoms with Gasteiger partial charge in [-0.3, -0.25) is 0 Å². The average molecular weight is 301 g/mol. The molecule has 0 aliphatic rings. The summed E-state index contributed by atoms with van der Waals surface area (Å²) in [6.07, 6.45) is -2.72. The van der Waals surface area contributed by atoms with Crippen LogP contribution in [-0.2, 0) is 12.6 Å². The Morgan fingerprint density at radius 1 is 1.45 bits per heavy atom. The van der Waals surface area contributed by atoms with Crippen molar-refractivity contribution in [2.75, 3.05) is 11.1 Å². The third-order valence-electron chi connectivity index (χ3n) is 2.71. The van der Waals surface area contributed by atoms with Gasteiger partial charge in [-0.15, -0.1) is 11.3 Å². The highest BCUT2D eigenvalue weighted by Crippen LogP contribution is 2.31. The molecule has 1 atom stereocenters. The minimum Gasteiger partial charge on any atom is -0.396 e. The molecule has 2 aromatic rings. The van der Waals surface area contributed by atoms with Crippen LogP contribution in [0.15, 0.2) is 29.8 Å². The van der Waals surface area contributed by atoms with Crippen LogP contribution in [0.2, 0.25) is 0 Å². The van der Waals surface area contributed by atoms with Crippen molar-refractivity contribution in [3.63, 3.8) is 0 Å². The van der Waals surface area contributed by atoms with Gasteiger partial charge >= 0.3 is 6.18 Å². The molecule has 0 bridgehead atoms. The first-order chi connectivity index (χ1) is 9.36. The van der Waals surface area contributed by atoms with Crippen LogP contribution in [-0.4, -0.2) is 11.0 Å². The Balaban J connectivity index is 2.12. The molecule has 7 heteroatoms. The summed E-state index contributed by atoms with van der Waals surface area (Å²) in [6, 6.07) is 4.84. The summed E-state index contributed by atoms with van der Waals surface area (Å²) >= 11 is 1.61. The molecule has 0 aliphatic carbocycles. The van der Waals surface area contributed by atoms with Gasteiger partial charge in [0.1, 0.15) is 5.69 Å². The predicted molar refractivity (Wildman–Crippen MR) is 74.8 cm³/mol. The molecule has 0 fully saturated rings. The third kappa shape index (κ3) is 3.63. The lowest BCUT2D eigenvalue weighted by molar-refractivity contribution is -0.141. The molecule has 20 heavy (non-hydrogen) atoms. The van der Waals surface area contributed by atoms with Crippen molar-refractivity contribution in [1.29, 1.82) is 0 Å². The highest BCUT2D eigenvalue weighted by molar-refractivity contribution is 7.09. The molecule has 0 radical (unpaired) electrons. The molecule has 0 aliphatic heterocycles. The third-order valence-corrected chi connectivity index (χ3v) is 3.61. The Kier molecular flexibility index (Phi) is 4.17. The van der Waals surface area contributed by atoms with Crippen LogP contribution in [0.1, 0.15) is 17.5 Å². The topological polar surface area (TPSA) is 50.9 Å². The monoisotopic (exact) mass is 301 g/mol. The maximum Gasteiger partial charge on any atom is 0.433 e. The van der Waals surface area contributed by atoms with E-state index in [0.717, 1.165) is 23.6 Å². The van der Waals surface area contributed by atoms with E-state index in [1.165, 1.54) is 0 Å². The van der Waals surface area contributed by atoms with Crippen molar-refractivity contribution in [2.45, 2.75) is 25.6 Å². The lowest BCUT2D eigenvalue weighted by Gasteiger charge is -2.17. The minimum atomic E-state index is -4.47. The molecule has 1 unspecified atom stereocenters. The number of aromatic nitrogens is 1. The molecule has 0 aromatic carbocycles. The van der Waals surface area contributed by atoms with Crippen LogP contribution in [0.25, 0.3) is 0 Å². The van der Waals surface area contributed by atoms with Crippen molar-refractivity contribution < 1.29 is 13.2 Å². The lowest BCUT2D eigenvalue weighted by Crippen LogP contribution is -2.19. The van der Waals surface area contributed by atoms with Crippen LogP contribution in [0.4, 0.5) is 24.5 Å². The molecule has 0 saturated carbocycles. The van der Waals surface area contributed by atoms with Gasteiger partial charge in [0.2, 0.25) is 0 Å². The lowest BCUT2D eigenvalue weighted by atomic mass is 10.2. The van der Waals surface area contributed by atoms with E-state index in [4.69, 9.17) is 5.73 Å². The Labute approximate surface area is 118 Å². The molecule has 0 spiro atoms. The molecule has 2 aromatic heterocycles. The number of nitrogens with zero attached hydrogens (tertiary/aromatic N) is 1. The van der Waals surface area contributed by atoms with Gasteiger partial charge in [0, 0.05) is 17.3 Å². The van der Waals surface area contributed by atoms with E-state index in [1.54, 1.807) is 11.3 Å². The largest absolute Gasteiger partial charge is 0.433 e. The molecular formula is C13H14F3N3S. The van der Waals surface area contributed by atoms with Gasteiger partial charge in [-0.2, -0.15) is 13.2 Å². The Hall–Kier alpha value is -1.76. The Bertz CT molecular complexity index is 567. The summed E-state index contributed by atoms with van der Waals surface area (Å²) in [5.41, 5.74) is 5.18. The van der Waals surface area contributed by atoms with E-state index in [0.29, 0.717) is 0 Å². The number of halogens is 3. The highest BCUT2D eigenvalue weighted by atomic mass is 32.1. The zero-order chi connectivity index (χ0) is 14.8. The van der Waals surface area contributed by atoms with Gasteiger partial charge in [0.25, 0.3) is 0 Å². The number of rotatable bonds is 4. The molecule has 3 N–H and O–H groups in total. The van der Waals surface area contributed by atoms with Crippen molar-refractivity contribution >= 4 is 22.7 Å². The first-order valence-corrected chi connectivity index (χ1v) is 6.86. The summed E-state index contributed by atoms with van der Waals surface area (Å²) in [5.74, 6) is 0. The smallest absolute Gasteiger partial charge is 0.396 e. The van der Waals surface area contributed by atoms with Gasteiger partial charge in [-0.1, -0.05) is 6.07 Å². The maximum absolute atomic E-state index is 12.6. The normalized spacial score (nSPS) is 13.2. The molecule has 0 saturated heterocycles. The number of hydrogen-bond acceptors (Lipinski definition) is 4. The van der Waals surface area contributed by atoms with Gasteiger partial charge in [0.05, 0.1) is 17.6 Å². The molecule has 0 amide bonds. The second kappa shape index (κ2) is 5.70. The van der Waals surface area contributed by atoms with Gasteiger partial charge < -0.3 is 11.1 Å². The molecule has 2 heterocycles. The number of hydrogen-bond donors (Lipinski definition) is 2. The predicted octanol–water partition coefficient (Wildman–Crippen LogP) is 3.79. The minimum absolute atomic E-state index is 0.0283. The highest BCUT2D eigenvalue weighted by Gasteiger charge is 2.33. The van der Waals surface area contributed by atoms with Crippen molar-refractivity contribution in [2.24, 2.45) is 0 Å². The second-order valence-electron chi connectivity index (χ2n) is 4.48.